The van der Waals surface area contributed by atoms with Gasteiger partial charge in [-0.25, -0.2) is 4.99 Å². The van der Waals surface area contributed by atoms with E-state index in [0.29, 0.717) is 5.96 Å². The van der Waals surface area contributed by atoms with E-state index in [9.17, 15) is 4.79 Å². The summed E-state index contributed by atoms with van der Waals surface area (Å²) in [5, 5.41) is 2.53. The normalized spacial score (nSPS) is 16.7. The van der Waals surface area contributed by atoms with Crippen molar-refractivity contribution in [1.82, 2.24) is 10.2 Å². The Labute approximate surface area is 99.8 Å². The van der Waals surface area contributed by atoms with Crippen LogP contribution in [0.1, 0.15) is 0 Å². The number of nitrogens with one attached hydrogen (secondary N) is 1. The van der Waals surface area contributed by atoms with E-state index in [2.05, 4.69) is 16.2 Å². The van der Waals surface area contributed by atoms with Crippen molar-refractivity contribution in [2.24, 2.45) is 10.7 Å². The molecular formula is C10H16N4OS. The number of amides is 1. The molecule has 1 saturated heterocycles. The van der Waals surface area contributed by atoms with E-state index in [1.54, 1.807) is 0 Å². The Hall–Kier alpha value is -1.35. The molecule has 88 valence electrons. The molecule has 0 aromatic carbocycles. The van der Waals surface area contributed by atoms with Gasteiger partial charge >= 0.3 is 0 Å². The summed E-state index contributed by atoms with van der Waals surface area (Å²) in [5.74, 6) is 4.67. The predicted molar refractivity (Wildman–Crippen MR) is 67.2 cm³/mol. The minimum atomic E-state index is -0.202. The van der Waals surface area contributed by atoms with Crippen molar-refractivity contribution in [3.8, 4) is 12.3 Å². The Bertz CT molecular complexity index is 304. The topological polar surface area (TPSA) is 70.7 Å². The fourth-order valence-electron chi connectivity index (χ4n) is 1.25. The van der Waals surface area contributed by atoms with Gasteiger partial charge in [-0.05, 0) is 0 Å². The van der Waals surface area contributed by atoms with Crippen LogP contribution in [0.4, 0.5) is 0 Å². The number of rotatable bonds is 3. The van der Waals surface area contributed by atoms with Gasteiger partial charge in [0.2, 0.25) is 5.91 Å². The molecule has 0 aromatic rings. The fourth-order valence-corrected chi connectivity index (χ4v) is 2.15. The van der Waals surface area contributed by atoms with E-state index in [1.165, 1.54) is 0 Å². The molecule has 3 N–H and O–H groups in total. The molecule has 0 atom stereocenters. The summed E-state index contributed by atoms with van der Waals surface area (Å²) in [6.45, 7) is 2.06. The Morgan fingerprint density at radius 3 is 2.88 bits per heavy atom. The Morgan fingerprint density at radius 1 is 1.56 bits per heavy atom. The minimum Gasteiger partial charge on any atom is -0.370 e. The summed E-state index contributed by atoms with van der Waals surface area (Å²) in [5.41, 5.74) is 5.77. The van der Waals surface area contributed by atoms with E-state index in [-0.39, 0.29) is 19.0 Å². The van der Waals surface area contributed by atoms with Crippen LogP contribution in [-0.4, -0.2) is 54.5 Å². The van der Waals surface area contributed by atoms with Crippen molar-refractivity contribution in [3.63, 3.8) is 0 Å². The molecule has 1 fully saturated rings. The molecule has 1 aliphatic rings. The highest BCUT2D eigenvalue weighted by Crippen LogP contribution is 2.08. The largest absolute Gasteiger partial charge is 0.370 e. The number of nitrogens with two attached hydrogens (primary N) is 1. The predicted octanol–water partition coefficient (Wildman–Crippen LogP) is -0.901. The van der Waals surface area contributed by atoms with Gasteiger partial charge in [0.05, 0.1) is 6.54 Å². The van der Waals surface area contributed by atoms with E-state index < -0.39 is 0 Å². The maximum absolute atomic E-state index is 11.2. The van der Waals surface area contributed by atoms with Crippen LogP contribution >= 0.6 is 11.8 Å². The lowest BCUT2D eigenvalue weighted by Crippen LogP contribution is -2.43. The molecule has 0 bridgehead atoms. The molecule has 1 amide bonds. The van der Waals surface area contributed by atoms with Crippen LogP contribution in [0.2, 0.25) is 0 Å². The van der Waals surface area contributed by atoms with Crippen LogP contribution in [-0.2, 0) is 4.79 Å². The van der Waals surface area contributed by atoms with Gasteiger partial charge in [0.15, 0.2) is 5.96 Å². The molecule has 1 aliphatic heterocycles. The van der Waals surface area contributed by atoms with E-state index in [0.717, 1.165) is 24.6 Å². The first-order chi connectivity index (χ1) is 7.74. The van der Waals surface area contributed by atoms with Crippen molar-refractivity contribution in [1.29, 1.82) is 0 Å². The van der Waals surface area contributed by atoms with Gasteiger partial charge in [0.1, 0.15) is 6.54 Å². The van der Waals surface area contributed by atoms with Crippen LogP contribution in [0.3, 0.4) is 0 Å². The summed E-state index contributed by atoms with van der Waals surface area (Å²) >= 11 is 1.90. The lowest BCUT2D eigenvalue weighted by molar-refractivity contribution is -0.119. The first kappa shape index (κ1) is 12.7. The Balaban J connectivity index is 2.32. The average Bonchev–Trinajstić information content (AvgIpc) is 2.34. The van der Waals surface area contributed by atoms with Crippen LogP contribution in [0.5, 0.6) is 0 Å². The second kappa shape index (κ2) is 7.01. The van der Waals surface area contributed by atoms with E-state index in [4.69, 9.17) is 12.2 Å². The number of carbonyl (C=O) groups excluding carboxylic acids is 1. The van der Waals surface area contributed by atoms with E-state index in [1.807, 2.05) is 16.7 Å². The number of hydrogen-bond acceptors (Lipinski definition) is 3. The fraction of sp³-hybridized carbons (Fsp3) is 0.600. The van der Waals surface area contributed by atoms with Gasteiger partial charge in [-0.2, -0.15) is 11.8 Å². The number of aliphatic imine (C=N–C) groups is 1. The number of guanidine groups is 1. The number of terminal acetylenes is 1. The molecule has 5 nitrogen and oxygen atoms in total. The summed E-state index contributed by atoms with van der Waals surface area (Å²) in [6, 6.07) is 0. The number of carbonyl (C=O) groups is 1. The molecule has 1 heterocycles. The molecule has 0 unspecified atom stereocenters. The van der Waals surface area contributed by atoms with Gasteiger partial charge in [-0.1, -0.05) is 5.92 Å². The molecule has 0 saturated carbocycles. The minimum absolute atomic E-state index is 0.0388. The highest BCUT2D eigenvalue weighted by molar-refractivity contribution is 7.99. The lowest BCUT2D eigenvalue weighted by Gasteiger charge is -2.27. The molecule has 0 spiro atoms. The molecule has 0 aromatic heterocycles. The van der Waals surface area contributed by atoms with Crippen LogP contribution in [0.15, 0.2) is 4.99 Å². The highest BCUT2D eigenvalue weighted by atomic mass is 32.2. The van der Waals surface area contributed by atoms with E-state index >= 15 is 0 Å². The molecule has 16 heavy (non-hydrogen) atoms. The number of nitrogens with zero attached hydrogens (tertiary/aromatic N) is 2. The third-order valence-electron chi connectivity index (χ3n) is 2.11. The third-order valence-corrected chi connectivity index (χ3v) is 3.05. The summed E-state index contributed by atoms with van der Waals surface area (Å²) in [6.07, 6.45) is 5.01. The quantitative estimate of drug-likeness (QED) is 0.381. The molecule has 1 rings (SSSR count). The van der Waals surface area contributed by atoms with Crippen LogP contribution in [0, 0.1) is 12.3 Å². The summed E-state index contributed by atoms with van der Waals surface area (Å²) in [4.78, 5) is 17.2. The van der Waals surface area contributed by atoms with Crippen LogP contribution < -0.4 is 11.1 Å². The maximum Gasteiger partial charge on any atom is 0.242 e. The lowest BCUT2D eigenvalue weighted by atomic mass is 10.5. The third kappa shape index (κ3) is 4.45. The van der Waals surface area contributed by atoms with Gasteiger partial charge in [0, 0.05) is 24.6 Å². The summed E-state index contributed by atoms with van der Waals surface area (Å²) < 4.78 is 0. The Morgan fingerprint density at radius 2 is 2.25 bits per heavy atom. The SMILES string of the molecule is C#CCNC(=O)CN=C(N)N1CCSCC1. The zero-order valence-corrected chi connectivity index (χ0v) is 9.92. The highest BCUT2D eigenvalue weighted by Gasteiger charge is 2.12. The zero-order chi connectivity index (χ0) is 11.8. The Kier molecular flexibility index (Phi) is 5.57. The van der Waals surface area contributed by atoms with Crippen molar-refractivity contribution >= 4 is 23.6 Å². The number of hydrogen-bond donors (Lipinski definition) is 2. The van der Waals surface area contributed by atoms with Gasteiger partial charge in [0.25, 0.3) is 0 Å². The van der Waals surface area contributed by atoms with Crippen molar-refractivity contribution in [2.75, 3.05) is 37.7 Å². The maximum atomic E-state index is 11.2. The van der Waals surface area contributed by atoms with Crippen molar-refractivity contribution in [2.45, 2.75) is 0 Å². The average molecular weight is 240 g/mol. The van der Waals surface area contributed by atoms with Gasteiger partial charge in [-0.3, -0.25) is 4.79 Å². The molecule has 6 heteroatoms. The second-order valence-electron chi connectivity index (χ2n) is 3.25. The zero-order valence-electron chi connectivity index (χ0n) is 9.11. The number of thioether (sulfide) groups is 1. The molecular weight excluding hydrogens is 224 g/mol. The van der Waals surface area contributed by atoms with Crippen molar-refractivity contribution < 1.29 is 4.79 Å². The second-order valence-corrected chi connectivity index (χ2v) is 4.48. The summed E-state index contributed by atoms with van der Waals surface area (Å²) in [7, 11) is 0. The molecule has 0 aliphatic carbocycles. The van der Waals surface area contributed by atoms with Crippen molar-refractivity contribution in [3.05, 3.63) is 0 Å². The standard InChI is InChI=1S/C10H16N4OS/c1-2-3-12-9(15)8-13-10(11)14-4-6-16-7-5-14/h1H,3-8H2,(H2,11,13)(H,12,15). The van der Waals surface area contributed by atoms with Gasteiger partial charge < -0.3 is 16.0 Å². The first-order valence-corrected chi connectivity index (χ1v) is 6.22. The molecule has 0 radical (unpaired) electrons. The smallest absolute Gasteiger partial charge is 0.242 e. The first-order valence-electron chi connectivity index (χ1n) is 5.07. The monoisotopic (exact) mass is 240 g/mol. The van der Waals surface area contributed by atoms with Crippen LogP contribution in [0.25, 0.3) is 0 Å². The van der Waals surface area contributed by atoms with Gasteiger partial charge in [-0.15, -0.1) is 6.42 Å².